The number of ether oxygens (including phenoxy) is 2. The zero-order valence-corrected chi connectivity index (χ0v) is 28.0. The maximum absolute atomic E-state index is 13.8. The largest absolute Gasteiger partial charge is 0.467 e. The Morgan fingerprint density at radius 2 is 1.47 bits per heavy atom. The fraction of sp³-hybridized carbons (Fsp3) is 0.514. The van der Waals surface area contributed by atoms with Crippen molar-refractivity contribution < 1.29 is 38.6 Å². The molecule has 0 aromatic heterocycles. The summed E-state index contributed by atoms with van der Waals surface area (Å²) in [5.41, 5.74) is 0.271. The molecule has 0 aliphatic carbocycles. The number of unbranched alkanes of at least 4 members (excludes halogenated alkanes) is 2. The Hall–Kier alpha value is -4.45. The molecule has 0 fully saturated rings. The van der Waals surface area contributed by atoms with E-state index in [-0.39, 0.29) is 25.5 Å². The number of carbonyl (C=O) groups is 5. The number of alkyl carbamates (subject to hydrolysis) is 1. The number of aliphatic hydroxyl groups excluding tert-OH is 1. The quantitative estimate of drug-likeness (QED) is 0.114. The highest BCUT2D eigenvalue weighted by atomic mass is 16.5. The Morgan fingerprint density at radius 1 is 0.851 bits per heavy atom. The maximum Gasteiger partial charge on any atom is 0.408 e. The zero-order valence-electron chi connectivity index (χ0n) is 28.0. The van der Waals surface area contributed by atoms with E-state index >= 15 is 0 Å². The van der Waals surface area contributed by atoms with Gasteiger partial charge < -0.3 is 35.8 Å². The number of amides is 4. The molecule has 2 aromatic rings. The highest BCUT2D eigenvalue weighted by Gasteiger charge is 2.44. The summed E-state index contributed by atoms with van der Waals surface area (Å²) >= 11 is 0. The summed E-state index contributed by atoms with van der Waals surface area (Å²) in [6, 6.07) is 17.1. The van der Waals surface area contributed by atoms with Gasteiger partial charge in [-0.2, -0.15) is 0 Å². The molecule has 2 unspecified atom stereocenters. The summed E-state index contributed by atoms with van der Waals surface area (Å²) in [5.74, 6) is -3.73. The lowest BCUT2D eigenvalue weighted by Crippen LogP contribution is -2.66. The average Bonchev–Trinajstić information content (AvgIpc) is 3.06. The Kier molecular flexibility index (Phi) is 16.4. The van der Waals surface area contributed by atoms with Crippen molar-refractivity contribution in [3.8, 4) is 0 Å². The number of nitrogens with one attached hydrogen (secondary N) is 4. The smallest absolute Gasteiger partial charge is 0.408 e. The molecular weight excluding hydrogens is 604 g/mol. The summed E-state index contributed by atoms with van der Waals surface area (Å²) in [5, 5.41) is 20.9. The van der Waals surface area contributed by atoms with Crippen LogP contribution in [0.2, 0.25) is 0 Å². The average molecular weight is 655 g/mol. The van der Waals surface area contributed by atoms with Crippen LogP contribution < -0.4 is 21.3 Å². The fourth-order valence-corrected chi connectivity index (χ4v) is 4.88. The molecule has 2 aromatic carbocycles. The van der Waals surface area contributed by atoms with E-state index in [9.17, 15) is 29.1 Å². The minimum atomic E-state index is -1.73. The lowest BCUT2D eigenvalue weighted by atomic mass is 9.83. The van der Waals surface area contributed by atoms with Gasteiger partial charge in [-0.15, -0.1) is 0 Å². The molecule has 0 bridgehead atoms. The highest BCUT2D eigenvalue weighted by molar-refractivity contribution is 5.94. The van der Waals surface area contributed by atoms with Gasteiger partial charge in [-0.05, 0) is 50.2 Å². The van der Waals surface area contributed by atoms with Crippen molar-refractivity contribution in [2.45, 2.75) is 84.0 Å². The van der Waals surface area contributed by atoms with E-state index in [1.54, 1.807) is 26.0 Å². The van der Waals surface area contributed by atoms with Crippen LogP contribution in [-0.4, -0.2) is 72.8 Å². The zero-order chi connectivity index (χ0) is 34.8. The van der Waals surface area contributed by atoms with Gasteiger partial charge in [-0.3, -0.25) is 14.4 Å². The standard InChI is InChI=1S/C35H50N4O8/c1-24(2)30(32(43)46-5)38-33(44)35(4,39-29(41)20-14-8-11-17-26-15-9-6-10-16-26)28(22-40)21-36-31(42)25(3)37-34(45)47-23-27-18-12-7-13-19-27/h6-7,9-10,12-13,15-16,18-19,24-25,28,30,40H,8,11,14,17,20-23H2,1-5H3,(H,36,42)(H,37,45)(H,38,44)(H,39,41)/t25-,28?,30?,35+/m0/s1. The van der Waals surface area contributed by atoms with Gasteiger partial charge in [0.2, 0.25) is 17.7 Å². The van der Waals surface area contributed by atoms with Crippen LogP contribution >= 0.6 is 0 Å². The number of carbonyl (C=O) groups excluding carboxylic acids is 5. The van der Waals surface area contributed by atoms with Crippen LogP contribution in [0.25, 0.3) is 0 Å². The van der Waals surface area contributed by atoms with Gasteiger partial charge >= 0.3 is 12.1 Å². The predicted octanol–water partition coefficient (Wildman–Crippen LogP) is 3.02. The van der Waals surface area contributed by atoms with E-state index in [1.165, 1.54) is 26.5 Å². The third-order valence-corrected chi connectivity index (χ3v) is 7.99. The monoisotopic (exact) mass is 654 g/mol. The molecule has 2 rings (SSSR count). The Bertz CT molecular complexity index is 1290. The van der Waals surface area contributed by atoms with Crippen molar-refractivity contribution >= 4 is 29.8 Å². The number of esters is 1. The number of hydrogen-bond acceptors (Lipinski definition) is 8. The molecule has 0 aliphatic rings. The molecule has 47 heavy (non-hydrogen) atoms. The summed E-state index contributed by atoms with van der Waals surface area (Å²) in [6.45, 7) is 5.57. The third kappa shape index (κ3) is 13.1. The number of benzene rings is 2. The summed E-state index contributed by atoms with van der Waals surface area (Å²) in [7, 11) is 1.21. The van der Waals surface area contributed by atoms with Gasteiger partial charge in [0.25, 0.3) is 0 Å². The number of hydrogen-bond donors (Lipinski definition) is 5. The molecule has 0 spiro atoms. The van der Waals surface area contributed by atoms with Crippen LogP contribution in [0, 0.1) is 11.8 Å². The fourth-order valence-electron chi connectivity index (χ4n) is 4.88. The van der Waals surface area contributed by atoms with Gasteiger partial charge in [0, 0.05) is 18.9 Å². The van der Waals surface area contributed by atoms with Gasteiger partial charge in [-0.25, -0.2) is 9.59 Å². The molecule has 12 nitrogen and oxygen atoms in total. The molecule has 12 heteroatoms. The topological polar surface area (TPSA) is 172 Å². The van der Waals surface area contributed by atoms with E-state index < -0.39 is 59.9 Å². The second-order valence-corrected chi connectivity index (χ2v) is 12.1. The van der Waals surface area contributed by atoms with Crippen LogP contribution in [0.3, 0.4) is 0 Å². The Labute approximate surface area is 277 Å². The normalized spacial score (nSPS) is 14.1. The number of rotatable bonds is 19. The van der Waals surface area contributed by atoms with Crippen LogP contribution in [0.5, 0.6) is 0 Å². The Morgan fingerprint density at radius 3 is 2.04 bits per heavy atom. The van der Waals surface area contributed by atoms with Gasteiger partial charge in [0.05, 0.1) is 13.7 Å². The van der Waals surface area contributed by atoms with Crippen LogP contribution in [0.15, 0.2) is 60.7 Å². The minimum absolute atomic E-state index is 0.0245. The van der Waals surface area contributed by atoms with E-state index in [0.29, 0.717) is 6.42 Å². The lowest BCUT2D eigenvalue weighted by Gasteiger charge is -2.38. The third-order valence-electron chi connectivity index (χ3n) is 7.99. The second kappa shape index (κ2) is 19.9. The summed E-state index contributed by atoms with van der Waals surface area (Å²) in [4.78, 5) is 64.4. The number of aliphatic hydroxyl groups is 1. The van der Waals surface area contributed by atoms with Crippen LogP contribution in [0.1, 0.15) is 64.5 Å². The van der Waals surface area contributed by atoms with Crippen LogP contribution in [0.4, 0.5) is 4.79 Å². The number of methoxy groups -OCH3 is 1. The predicted molar refractivity (Wildman–Crippen MR) is 177 cm³/mol. The van der Waals surface area contributed by atoms with Crippen molar-refractivity contribution in [1.82, 2.24) is 21.3 Å². The van der Waals surface area contributed by atoms with Crippen LogP contribution in [-0.2, 0) is 41.7 Å². The van der Waals surface area contributed by atoms with E-state index in [1.807, 2.05) is 36.4 Å². The van der Waals surface area contributed by atoms with Gasteiger partial charge in [0.15, 0.2) is 0 Å². The number of aryl methyl sites for hydroxylation is 1. The molecule has 0 radical (unpaired) electrons. The Balaban J connectivity index is 2.06. The molecule has 0 saturated carbocycles. The first-order chi connectivity index (χ1) is 22.4. The van der Waals surface area contributed by atoms with Crippen molar-refractivity contribution in [1.29, 1.82) is 0 Å². The maximum atomic E-state index is 13.8. The van der Waals surface area contributed by atoms with Crippen molar-refractivity contribution in [2.75, 3.05) is 20.3 Å². The molecule has 0 saturated heterocycles. The van der Waals surface area contributed by atoms with Crippen molar-refractivity contribution in [3.63, 3.8) is 0 Å². The molecular formula is C35H50N4O8. The SMILES string of the molecule is COC(=O)C(NC(=O)[C@](C)(NC(=O)CCCCCc1ccccc1)C(CO)CNC(=O)[C@H](C)NC(=O)OCc1ccccc1)C(C)C. The van der Waals surface area contributed by atoms with E-state index in [0.717, 1.165) is 24.8 Å². The molecule has 4 atom stereocenters. The van der Waals surface area contributed by atoms with E-state index in [4.69, 9.17) is 9.47 Å². The van der Waals surface area contributed by atoms with E-state index in [2.05, 4.69) is 33.4 Å². The first-order valence-corrected chi connectivity index (χ1v) is 16.0. The minimum Gasteiger partial charge on any atom is -0.467 e. The molecule has 258 valence electrons. The van der Waals surface area contributed by atoms with Crippen molar-refractivity contribution in [2.24, 2.45) is 11.8 Å². The molecule has 4 amide bonds. The van der Waals surface area contributed by atoms with Gasteiger partial charge in [0.1, 0.15) is 24.2 Å². The molecule has 0 heterocycles. The van der Waals surface area contributed by atoms with Gasteiger partial charge in [-0.1, -0.05) is 80.9 Å². The molecule has 0 aliphatic heterocycles. The second-order valence-electron chi connectivity index (χ2n) is 12.1. The first-order valence-electron chi connectivity index (χ1n) is 16.0. The first kappa shape index (κ1) is 38.7. The summed E-state index contributed by atoms with van der Waals surface area (Å²) < 4.78 is 10.0. The molecule has 5 N–H and O–H groups in total. The lowest BCUT2D eigenvalue weighted by molar-refractivity contribution is -0.148. The summed E-state index contributed by atoms with van der Waals surface area (Å²) in [6.07, 6.45) is 2.49. The highest BCUT2D eigenvalue weighted by Crippen LogP contribution is 2.20. The van der Waals surface area contributed by atoms with Crippen molar-refractivity contribution in [3.05, 3.63) is 71.8 Å².